The van der Waals surface area contributed by atoms with E-state index in [2.05, 4.69) is 0 Å². The van der Waals surface area contributed by atoms with E-state index in [1.165, 1.54) is 13.0 Å². The van der Waals surface area contributed by atoms with Crippen LogP contribution in [0.3, 0.4) is 0 Å². The fraction of sp³-hybridized carbons (Fsp3) is 0.235. The maximum absolute atomic E-state index is 13.8. The number of hydrogen-bond acceptors (Lipinski definition) is 1. The van der Waals surface area contributed by atoms with Crippen LogP contribution in [0.25, 0.3) is 0 Å². The number of ketones is 1. The summed E-state index contributed by atoms with van der Waals surface area (Å²) in [7, 11) is 0. The lowest BCUT2D eigenvalue weighted by molar-refractivity contribution is 0.0974. The van der Waals surface area contributed by atoms with Crippen LogP contribution < -0.4 is 0 Å². The van der Waals surface area contributed by atoms with Gasteiger partial charge in [-0.25, -0.2) is 8.78 Å². The molecule has 0 aromatic heterocycles. The summed E-state index contributed by atoms with van der Waals surface area (Å²) in [5.41, 5.74) is 1.96. The monoisotopic (exact) mass is 274 g/mol. The average molecular weight is 274 g/mol. The maximum atomic E-state index is 13.8. The first-order chi connectivity index (χ1) is 9.49. The van der Waals surface area contributed by atoms with Gasteiger partial charge in [0.2, 0.25) is 0 Å². The van der Waals surface area contributed by atoms with E-state index in [1.807, 2.05) is 31.2 Å². The van der Waals surface area contributed by atoms with Crippen LogP contribution in [-0.2, 0) is 6.42 Å². The van der Waals surface area contributed by atoms with Gasteiger partial charge in [0, 0.05) is 6.42 Å². The highest BCUT2D eigenvalue weighted by Gasteiger charge is 2.18. The molecular weight excluding hydrogens is 258 g/mol. The number of carbonyl (C=O) groups excluding carboxylic acids is 1. The van der Waals surface area contributed by atoms with Crippen molar-refractivity contribution in [3.05, 3.63) is 70.3 Å². The number of aryl methyl sites for hydroxylation is 3. The van der Waals surface area contributed by atoms with E-state index < -0.39 is 23.0 Å². The molecule has 0 aliphatic heterocycles. The fourth-order valence-corrected chi connectivity index (χ4v) is 2.16. The second-order valence-electron chi connectivity index (χ2n) is 4.97. The number of halogens is 2. The Bertz CT molecular complexity index is 647. The van der Waals surface area contributed by atoms with Crippen molar-refractivity contribution < 1.29 is 13.6 Å². The van der Waals surface area contributed by atoms with Gasteiger partial charge in [-0.1, -0.05) is 35.9 Å². The molecule has 2 aromatic rings. The Morgan fingerprint density at radius 1 is 1.10 bits per heavy atom. The number of Topliss-reactive ketones (excluding diaryl/α,β-unsaturated/α-hetero) is 1. The van der Waals surface area contributed by atoms with Crippen LogP contribution in [0.5, 0.6) is 0 Å². The first-order valence-corrected chi connectivity index (χ1v) is 6.52. The zero-order valence-corrected chi connectivity index (χ0v) is 11.5. The normalized spacial score (nSPS) is 10.6. The summed E-state index contributed by atoms with van der Waals surface area (Å²) >= 11 is 0. The van der Waals surface area contributed by atoms with Gasteiger partial charge in [-0.2, -0.15) is 0 Å². The van der Waals surface area contributed by atoms with Crippen molar-refractivity contribution in [3.63, 3.8) is 0 Å². The highest BCUT2D eigenvalue weighted by Crippen LogP contribution is 2.19. The van der Waals surface area contributed by atoms with E-state index in [9.17, 15) is 13.6 Å². The molecule has 0 heterocycles. The van der Waals surface area contributed by atoms with Crippen LogP contribution in [0.2, 0.25) is 0 Å². The number of carbonyl (C=O) groups is 1. The number of hydrogen-bond donors (Lipinski definition) is 0. The summed E-state index contributed by atoms with van der Waals surface area (Å²) in [6, 6.07) is 10.2. The van der Waals surface area contributed by atoms with E-state index >= 15 is 0 Å². The van der Waals surface area contributed by atoms with Crippen molar-refractivity contribution in [1.29, 1.82) is 0 Å². The van der Waals surface area contributed by atoms with Gasteiger partial charge in [-0.15, -0.1) is 0 Å². The molecule has 0 radical (unpaired) electrons. The van der Waals surface area contributed by atoms with Crippen LogP contribution >= 0.6 is 0 Å². The molecule has 0 aliphatic carbocycles. The molecule has 0 N–H and O–H groups in total. The zero-order chi connectivity index (χ0) is 14.7. The van der Waals surface area contributed by atoms with Crippen LogP contribution in [0.1, 0.15) is 33.5 Å². The third kappa shape index (κ3) is 3.10. The minimum absolute atomic E-state index is 0.0980. The summed E-state index contributed by atoms with van der Waals surface area (Å²) in [4.78, 5) is 12.0. The minimum atomic E-state index is -0.789. The Kier molecular flexibility index (Phi) is 4.28. The Labute approximate surface area is 117 Å². The predicted octanol–water partition coefficient (Wildman–Crippen LogP) is 4.40. The molecule has 3 heteroatoms. The van der Waals surface area contributed by atoms with Gasteiger partial charge in [-0.05, 0) is 37.5 Å². The average Bonchev–Trinajstić information content (AvgIpc) is 2.41. The lowest BCUT2D eigenvalue weighted by Gasteiger charge is -2.07. The standard InChI is InChI=1S/C17H16F2O/c1-11-4-3-5-13(10-11)7-9-15(20)16-14(18)8-6-12(2)17(16)19/h3-6,8,10H,7,9H2,1-2H3. The number of rotatable bonds is 4. The van der Waals surface area contributed by atoms with Gasteiger partial charge in [-0.3, -0.25) is 4.79 Å². The Hall–Kier alpha value is -2.03. The highest BCUT2D eigenvalue weighted by atomic mass is 19.1. The summed E-state index contributed by atoms with van der Waals surface area (Å²) < 4.78 is 27.5. The molecule has 0 atom stereocenters. The molecule has 0 saturated carbocycles. The van der Waals surface area contributed by atoms with E-state index in [4.69, 9.17) is 0 Å². The van der Waals surface area contributed by atoms with Crippen LogP contribution in [0.15, 0.2) is 36.4 Å². The maximum Gasteiger partial charge on any atom is 0.169 e. The fourth-order valence-electron chi connectivity index (χ4n) is 2.16. The van der Waals surface area contributed by atoms with E-state index in [1.54, 1.807) is 0 Å². The quantitative estimate of drug-likeness (QED) is 0.755. The molecule has 0 fully saturated rings. The van der Waals surface area contributed by atoms with Crippen molar-refractivity contribution >= 4 is 5.78 Å². The van der Waals surface area contributed by atoms with E-state index in [0.29, 0.717) is 6.42 Å². The van der Waals surface area contributed by atoms with Crippen molar-refractivity contribution in [2.24, 2.45) is 0 Å². The highest BCUT2D eigenvalue weighted by molar-refractivity contribution is 5.96. The summed E-state index contributed by atoms with van der Waals surface area (Å²) in [5.74, 6) is -2.04. The first-order valence-electron chi connectivity index (χ1n) is 6.52. The number of benzene rings is 2. The van der Waals surface area contributed by atoms with Crippen molar-refractivity contribution in [2.45, 2.75) is 26.7 Å². The predicted molar refractivity (Wildman–Crippen MR) is 74.9 cm³/mol. The largest absolute Gasteiger partial charge is 0.294 e. The molecule has 0 amide bonds. The topological polar surface area (TPSA) is 17.1 Å². The summed E-state index contributed by atoms with van der Waals surface area (Å²) in [5, 5.41) is 0. The summed E-state index contributed by atoms with van der Waals surface area (Å²) in [6.07, 6.45) is 0.577. The van der Waals surface area contributed by atoms with Crippen LogP contribution in [0, 0.1) is 25.5 Å². The van der Waals surface area contributed by atoms with Crippen LogP contribution in [0.4, 0.5) is 8.78 Å². The molecule has 0 aliphatic rings. The van der Waals surface area contributed by atoms with Gasteiger partial charge in [0.1, 0.15) is 11.6 Å². The van der Waals surface area contributed by atoms with Gasteiger partial charge in [0.25, 0.3) is 0 Å². The van der Waals surface area contributed by atoms with Crippen molar-refractivity contribution in [1.82, 2.24) is 0 Å². The molecule has 104 valence electrons. The SMILES string of the molecule is Cc1cccc(CCC(=O)c2c(F)ccc(C)c2F)c1. The first kappa shape index (κ1) is 14.4. The third-order valence-corrected chi connectivity index (χ3v) is 3.29. The minimum Gasteiger partial charge on any atom is -0.294 e. The lowest BCUT2D eigenvalue weighted by atomic mass is 9.99. The molecule has 0 bridgehead atoms. The second kappa shape index (κ2) is 5.95. The molecular formula is C17H16F2O. The molecule has 1 nitrogen and oxygen atoms in total. The second-order valence-corrected chi connectivity index (χ2v) is 4.97. The smallest absolute Gasteiger partial charge is 0.169 e. The van der Waals surface area contributed by atoms with Crippen LogP contribution in [-0.4, -0.2) is 5.78 Å². The summed E-state index contributed by atoms with van der Waals surface area (Å²) in [6.45, 7) is 3.48. The van der Waals surface area contributed by atoms with Gasteiger partial charge >= 0.3 is 0 Å². The van der Waals surface area contributed by atoms with E-state index in [0.717, 1.165) is 17.2 Å². The Morgan fingerprint density at radius 3 is 2.55 bits per heavy atom. The van der Waals surface area contributed by atoms with Gasteiger partial charge in [0.15, 0.2) is 5.78 Å². The van der Waals surface area contributed by atoms with E-state index in [-0.39, 0.29) is 12.0 Å². The lowest BCUT2D eigenvalue weighted by Crippen LogP contribution is -2.08. The Morgan fingerprint density at radius 2 is 1.85 bits per heavy atom. The molecule has 2 aromatic carbocycles. The van der Waals surface area contributed by atoms with Crippen molar-refractivity contribution in [3.8, 4) is 0 Å². The zero-order valence-electron chi connectivity index (χ0n) is 11.5. The van der Waals surface area contributed by atoms with Gasteiger partial charge < -0.3 is 0 Å². The molecule has 0 spiro atoms. The molecule has 0 unspecified atom stereocenters. The molecule has 20 heavy (non-hydrogen) atoms. The Balaban J connectivity index is 2.15. The molecule has 0 saturated heterocycles. The van der Waals surface area contributed by atoms with Gasteiger partial charge in [0.05, 0.1) is 5.56 Å². The molecule has 2 rings (SSSR count). The van der Waals surface area contributed by atoms with Crippen molar-refractivity contribution in [2.75, 3.05) is 0 Å². The third-order valence-electron chi connectivity index (χ3n) is 3.29.